The molecule has 3 rings (SSSR count). The smallest absolute Gasteiger partial charge is 0.292 e. The largest absolute Gasteiger partial charge is 0.497 e. The molecular formula is C18H18N4O3. The van der Waals surface area contributed by atoms with Crippen LogP contribution in [-0.4, -0.2) is 31.3 Å². The molecule has 2 amide bonds. The Morgan fingerprint density at radius 2 is 2.00 bits per heavy atom. The van der Waals surface area contributed by atoms with Gasteiger partial charge in [0.1, 0.15) is 12.3 Å². The predicted octanol–water partition coefficient (Wildman–Crippen LogP) is 1.89. The van der Waals surface area contributed by atoms with Crippen LogP contribution in [0.4, 0.5) is 11.4 Å². The molecule has 0 spiro atoms. The van der Waals surface area contributed by atoms with Gasteiger partial charge in [0.15, 0.2) is 0 Å². The first-order valence-electron chi connectivity index (χ1n) is 7.73. The van der Waals surface area contributed by atoms with E-state index in [0.29, 0.717) is 17.1 Å². The van der Waals surface area contributed by atoms with Gasteiger partial charge in [-0.25, -0.2) is 5.01 Å². The molecular weight excluding hydrogens is 320 g/mol. The lowest BCUT2D eigenvalue weighted by molar-refractivity contribution is -0.118. The second-order valence-corrected chi connectivity index (χ2v) is 5.53. The molecule has 0 radical (unpaired) electrons. The number of hydrogen-bond acceptors (Lipinski definition) is 5. The Balaban J connectivity index is 1.74. The summed E-state index contributed by atoms with van der Waals surface area (Å²) in [7, 11) is 1.55. The molecule has 0 saturated heterocycles. The van der Waals surface area contributed by atoms with E-state index in [1.54, 1.807) is 31.4 Å². The number of hydrazine groups is 1. The van der Waals surface area contributed by atoms with Gasteiger partial charge in [0.25, 0.3) is 11.8 Å². The molecule has 0 bridgehead atoms. The highest BCUT2D eigenvalue weighted by Crippen LogP contribution is 2.18. The molecule has 25 heavy (non-hydrogen) atoms. The van der Waals surface area contributed by atoms with Gasteiger partial charge in [-0.05, 0) is 31.2 Å². The Hall–Kier alpha value is -3.35. The fourth-order valence-electron chi connectivity index (χ4n) is 2.34. The zero-order valence-electron chi connectivity index (χ0n) is 13.9. The standard InChI is InChI=1S/C18H18N4O3/c1-12-6-8-14(9-7-12)22-16(23)11-19-17(21-22)18(24)20-13-4-3-5-15(10-13)25-2/h3-10H,11H2,1-2H3,(H,19,21)(H,20,24). The van der Waals surface area contributed by atoms with Crippen molar-refractivity contribution < 1.29 is 14.3 Å². The van der Waals surface area contributed by atoms with E-state index in [4.69, 9.17) is 4.74 Å². The van der Waals surface area contributed by atoms with Crippen LogP contribution in [0, 0.1) is 6.92 Å². The molecule has 128 valence electrons. The van der Waals surface area contributed by atoms with E-state index < -0.39 is 5.91 Å². The number of amidine groups is 1. The van der Waals surface area contributed by atoms with Crippen LogP contribution in [0.1, 0.15) is 5.56 Å². The molecule has 1 aliphatic rings. The van der Waals surface area contributed by atoms with Crippen LogP contribution in [0.5, 0.6) is 5.75 Å². The number of carbonyl (C=O) groups is 2. The van der Waals surface area contributed by atoms with Crippen LogP contribution < -0.4 is 20.5 Å². The van der Waals surface area contributed by atoms with Crippen molar-refractivity contribution in [1.82, 2.24) is 5.43 Å². The molecule has 2 aromatic rings. The van der Waals surface area contributed by atoms with Crippen molar-refractivity contribution in [2.24, 2.45) is 4.99 Å². The first-order chi connectivity index (χ1) is 12.1. The molecule has 7 nitrogen and oxygen atoms in total. The van der Waals surface area contributed by atoms with Crippen LogP contribution in [0.2, 0.25) is 0 Å². The number of aliphatic imine (C=N–C) groups is 1. The van der Waals surface area contributed by atoms with E-state index >= 15 is 0 Å². The van der Waals surface area contributed by atoms with Crippen LogP contribution in [-0.2, 0) is 9.59 Å². The molecule has 0 aromatic heterocycles. The highest BCUT2D eigenvalue weighted by atomic mass is 16.5. The van der Waals surface area contributed by atoms with Crippen LogP contribution in [0.3, 0.4) is 0 Å². The molecule has 1 heterocycles. The third kappa shape index (κ3) is 3.77. The van der Waals surface area contributed by atoms with Crippen LogP contribution >= 0.6 is 0 Å². The SMILES string of the molecule is COc1cccc(NC(=O)C2=NCC(=O)N(c3ccc(C)cc3)N2)c1. The van der Waals surface area contributed by atoms with E-state index in [0.717, 1.165) is 5.56 Å². The third-order valence-corrected chi connectivity index (χ3v) is 3.67. The van der Waals surface area contributed by atoms with Gasteiger partial charge in [0.05, 0.1) is 12.8 Å². The molecule has 2 aromatic carbocycles. The lowest BCUT2D eigenvalue weighted by atomic mass is 10.2. The van der Waals surface area contributed by atoms with Gasteiger partial charge in [-0.15, -0.1) is 0 Å². The average molecular weight is 338 g/mol. The molecule has 0 aliphatic carbocycles. The average Bonchev–Trinajstić information content (AvgIpc) is 2.63. The maximum absolute atomic E-state index is 12.4. The Labute approximate surface area is 145 Å². The molecule has 7 heteroatoms. The maximum Gasteiger partial charge on any atom is 0.292 e. The summed E-state index contributed by atoms with van der Waals surface area (Å²) in [4.78, 5) is 28.5. The Kier molecular flexibility index (Phi) is 4.65. The molecule has 0 atom stereocenters. The monoisotopic (exact) mass is 338 g/mol. The minimum atomic E-state index is -0.433. The van der Waals surface area contributed by atoms with Crippen molar-refractivity contribution in [2.45, 2.75) is 6.92 Å². The van der Waals surface area contributed by atoms with E-state index in [1.807, 2.05) is 31.2 Å². The number of methoxy groups -OCH3 is 1. The fourth-order valence-corrected chi connectivity index (χ4v) is 2.34. The normalized spacial score (nSPS) is 13.8. The molecule has 2 N–H and O–H groups in total. The zero-order chi connectivity index (χ0) is 17.8. The van der Waals surface area contributed by atoms with Crippen molar-refractivity contribution in [3.05, 3.63) is 54.1 Å². The summed E-state index contributed by atoms with van der Waals surface area (Å²) in [6.45, 7) is 1.87. The van der Waals surface area contributed by atoms with Crippen LogP contribution in [0.25, 0.3) is 0 Å². The van der Waals surface area contributed by atoms with Gasteiger partial charge < -0.3 is 10.1 Å². The number of nitrogens with one attached hydrogen (secondary N) is 2. The first kappa shape index (κ1) is 16.5. The van der Waals surface area contributed by atoms with Crippen molar-refractivity contribution in [1.29, 1.82) is 0 Å². The molecule has 1 aliphatic heterocycles. The summed E-state index contributed by atoms with van der Waals surface area (Å²) in [6, 6.07) is 14.4. The number of anilines is 2. The van der Waals surface area contributed by atoms with Gasteiger partial charge in [0, 0.05) is 11.8 Å². The summed E-state index contributed by atoms with van der Waals surface area (Å²) >= 11 is 0. The number of ether oxygens (including phenoxy) is 1. The van der Waals surface area contributed by atoms with Gasteiger partial charge in [0.2, 0.25) is 5.84 Å². The minimum Gasteiger partial charge on any atom is -0.497 e. The summed E-state index contributed by atoms with van der Waals surface area (Å²) in [6.07, 6.45) is 0. The van der Waals surface area contributed by atoms with Gasteiger partial charge in [-0.3, -0.25) is 20.0 Å². The highest BCUT2D eigenvalue weighted by molar-refractivity contribution is 6.43. The van der Waals surface area contributed by atoms with Crippen LogP contribution in [0.15, 0.2) is 53.5 Å². The first-order valence-corrected chi connectivity index (χ1v) is 7.73. The maximum atomic E-state index is 12.4. The van der Waals surface area contributed by atoms with Gasteiger partial charge >= 0.3 is 0 Å². The molecule has 0 unspecified atom stereocenters. The quantitative estimate of drug-likeness (QED) is 0.892. The predicted molar refractivity (Wildman–Crippen MR) is 95.7 cm³/mol. The number of carbonyl (C=O) groups excluding carboxylic acids is 2. The fraction of sp³-hybridized carbons (Fsp3) is 0.167. The Bertz CT molecular complexity index is 830. The minimum absolute atomic E-state index is 0.0722. The number of hydrogen-bond donors (Lipinski definition) is 2. The number of amides is 2. The van der Waals surface area contributed by atoms with Crippen molar-refractivity contribution >= 4 is 29.0 Å². The third-order valence-electron chi connectivity index (χ3n) is 3.67. The summed E-state index contributed by atoms with van der Waals surface area (Å²) in [5.41, 5.74) is 5.09. The van der Waals surface area contributed by atoms with E-state index in [2.05, 4.69) is 15.7 Å². The Morgan fingerprint density at radius 3 is 2.72 bits per heavy atom. The lowest BCUT2D eigenvalue weighted by Gasteiger charge is -2.27. The van der Waals surface area contributed by atoms with E-state index in [-0.39, 0.29) is 18.3 Å². The van der Waals surface area contributed by atoms with Gasteiger partial charge in [-0.2, -0.15) is 0 Å². The topological polar surface area (TPSA) is 83.0 Å². The van der Waals surface area contributed by atoms with Crippen molar-refractivity contribution in [2.75, 3.05) is 24.0 Å². The van der Waals surface area contributed by atoms with E-state index in [1.165, 1.54) is 5.01 Å². The summed E-state index contributed by atoms with van der Waals surface area (Å²) < 4.78 is 5.13. The summed E-state index contributed by atoms with van der Waals surface area (Å²) in [5, 5.41) is 4.06. The number of nitrogens with zero attached hydrogens (tertiary/aromatic N) is 2. The van der Waals surface area contributed by atoms with E-state index in [9.17, 15) is 9.59 Å². The number of benzene rings is 2. The number of rotatable bonds is 4. The summed E-state index contributed by atoms with van der Waals surface area (Å²) in [5.74, 6) is 0.0374. The van der Waals surface area contributed by atoms with Crippen molar-refractivity contribution in [3.8, 4) is 5.75 Å². The second kappa shape index (κ2) is 7.04. The number of aryl methyl sites for hydroxylation is 1. The Morgan fingerprint density at radius 1 is 1.24 bits per heavy atom. The van der Waals surface area contributed by atoms with Gasteiger partial charge in [-0.1, -0.05) is 23.8 Å². The zero-order valence-corrected chi connectivity index (χ0v) is 13.9. The van der Waals surface area contributed by atoms with Crippen molar-refractivity contribution in [3.63, 3.8) is 0 Å². The molecule has 0 saturated carbocycles. The molecule has 0 fully saturated rings. The second-order valence-electron chi connectivity index (χ2n) is 5.53. The highest BCUT2D eigenvalue weighted by Gasteiger charge is 2.25. The lowest BCUT2D eigenvalue weighted by Crippen LogP contribution is -2.54.